The molecule has 2 unspecified atom stereocenters. The van der Waals surface area contributed by atoms with Crippen LogP contribution >= 0.6 is 27.7 Å². The first-order valence-electron chi connectivity index (χ1n) is 6.82. The summed E-state index contributed by atoms with van der Waals surface area (Å²) >= 11 is 5.27. The van der Waals surface area contributed by atoms with E-state index in [4.69, 9.17) is 0 Å². The molecule has 104 valence electrons. The molecule has 1 fully saturated rings. The van der Waals surface area contributed by atoms with Crippen LogP contribution in [0, 0.1) is 5.92 Å². The molecule has 19 heavy (non-hydrogen) atoms. The Morgan fingerprint density at radius 2 is 2.11 bits per heavy atom. The summed E-state index contributed by atoms with van der Waals surface area (Å²) in [6.45, 7) is 0.830. The van der Waals surface area contributed by atoms with Crippen molar-refractivity contribution in [3.05, 3.63) is 30.3 Å². The Kier molecular flexibility index (Phi) is 6.24. The molecule has 0 saturated heterocycles. The predicted octanol–water partition coefficient (Wildman–Crippen LogP) is 3.85. The average Bonchev–Trinajstić information content (AvgIpc) is 2.44. The lowest BCUT2D eigenvalue weighted by atomic mass is 9.89. The van der Waals surface area contributed by atoms with Crippen molar-refractivity contribution in [3.8, 4) is 0 Å². The van der Waals surface area contributed by atoms with Crippen LogP contribution in [0.4, 0.5) is 0 Å². The SMILES string of the molecule is O=C(CSc1ccccc1)NCC1CCCC(Br)C1. The third kappa shape index (κ3) is 5.57. The molecule has 0 spiro atoms. The zero-order valence-corrected chi connectivity index (χ0v) is 13.4. The minimum Gasteiger partial charge on any atom is -0.355 e. The van der Waals surface area contributed by atoms with Gasteiger partial charge in [-0.15, -0.1) is 11.8 Å². The monoisotopic (exact) mass is 341 g/mol. The van der Waals surface area contributed by atoms with Crippen LogP contribution in [0.2, 0.25) is 0 Å². The summed E-state index contributed by atoms with van der Waals surface area (Å²) in [5.41, 5.74) is 0. The van der Waals surface area contributed by atoms with Gasteiger partial charge in [0.25, 0.3) is 0 Å². The van der Waals surface area contributed by atoms with Crippen LogP contribution in [0.5, 0.6) is 0 Å². The average molecular weight is 342 g/mol. The van der Waals surface area contributed by atoms with E-state index < -0.39 is 0 Å². The number of nitrogens with one attached hydrogen (secondary N) is 1. The first-order chi connectivity index (χ1) is 9.24. The molecular formula is C15H20BrNOS. The number of carbonyl (C=O) groups excluding carboxylic acids is 1. The third-order valence-electron chi connectivity index (χ3n) is 3.42. The Morgan fingerprint density at radius 1 is 1.32 bits per heavy atom. The standard InChI is InChI=1S/C15H20BrNOS/c16-13-6-4-5-12(9-13)10-17-15(18)11-19-14-7-2-1-3-8-14/h1-3,7-8,12-13H,4-6,9-11H2,(H,17,18). The molecular weight excluding hydrogens is 322 g/mol. The molecule has 0 aromatic heterocycles. The molecule has 1 aromatic carbocycles. The molecule has 1 N–H and O–H groups in total. The molecule has 1 saturated carbocycles. The van der Waals surface area contributed by atoms with E-state index in [-0.39, 0.29) is 5.91 Å². The van der Waals surface area contributed by atoms with Crippen LogP contribution in [0.3, 0.4) is 0 Å². The molecule has 4 heteroatoms. The van der Waals surface area contributed by atoms with Crippen molar-refractivity contribution in [2.24, 2.45) is 5.92 Å². The molecule has 0 heterocycles. The lowest BCUT2D eigenvalue weighted by Crippen LogP contribution is -2.32. The topological polar surface area (TPSA) is 29.1 Å². The number of thioether (sulfide) groups is 1. The maximum atomic E-state index is 11.8. The van der Waals surface area contributed by atoms with E-state index >= 15 is 0 Å². The fourth-order valence-electron chi connectivity index (χ4n) is 2.39. The second-order valence-corrected chi connectivity index (χ2v) is 7.38. The number of carbonyl (C=O) groups is 1. The molecule has 1 amide bonds. The van der Waals surface area contributed by atoms with Gasteiger partial charge in [0.1, 0.15) is 0 Å². The maximum absolute atomic E-state index is 11.8. The number of alkyl halides is 1. The Bertz CT molecular complexity index is 398. The molecule has 2 rings (SSSR count). The van der Waals surface area contributed by atoms with Crippen LogP contribution in [0.1, 0.15) is 25.7 Å². The Labute approximate surface area is 127 Å². The van der Waals surface area contributed by atoms with E-state index in [1.165, 1.54) is 25.7 Å². The molecule has 0 radical (unpaired) electrons. The highest BCUT2D eigenvalue weighted by Crippen LogP contribution is 2.28. The number of benzene rings is 1. The van der Waals surface area contributed by atoms with E-state index in [9.17, 15) is 4.79 Å². The first-order valence-corrected chi connectivity index (χ1v) is 8.73. The number of rotatable bonds is 5. The minimum absolute atomic E-state index is 0.144. The Morgan fingerprint density at radius 3 is 2.84 bits per heavy atom. The minimum atomic E-state index is 0.144. The van der Waals surface area contributed by atoms with Gasteiger partial charge in [0.2, 0.25) is 5.91 Å². The van der Waals surface area contributed by atoms with E-state index in [1.807, 2.05) is 30.3 Å². The maximum Gasteiger partial charge on any atom is 0.230 e. The van der Waals surface area contributed by atoms with E-state index in [0.717, 1.165) is 11.4 Å². The number of amides is 1. The summed E-state index contributed by atoms with van der Waals surface area (Å²) < 4.78 is 0. The van der Waals surface area contributed by atoms with E-state index in [0.29, 0.717) is 16.5 Å². The molecule has 0 bridgehead atoms. The van der Waals surface area contributed by atoms with Gasteiger partial charge in [-0.05, 0) is 37.3 Å². The molecule has 1 aliphatic carbocycles. The second kappa shape index (κ2) is 7.95. The van der Waals surface area contributed by atoms with Crippen LogP contribution < -0.4 is 5.32 Å². The number of halogens is 1. The number of hydrogen-bond acceptors (Lipinski definition) is 2. The Balaban J connectivity index is 1.64. The predicted molar refractivity (Wildman–Crippen MR) is 84.8 cm³/mol. The van der Waals surface area contributed by atoms with Gasteiger partial charge < -0.3 is 5.32 Å². The van der Waals surface area contributed by atoms with Crippen molar-refractivity contribution in [1.29, 1.82) is 0 Å². The van der Waals surface area contributed by atoms with Gasteiger partial charge in [-0.2, -0.15) is 0 Å². The van der Waals surface area contributed by atoms with Gasteiger partial charge in [-0.25, -0.2) is 0 Å². The lowest BCUT2D eigenvalue weighted by Gasteiger charge is -2.25. The van der Waals surface area contributed by atoms with Crippen LogP contribution in [0.15, 0.2) is 35.2 Å². The van der Waals surface area contributed by atoms with Gasteiger partial charge in [0.15, 0.2) is 0 Å². The summed E-state index contributed by atoms with van der Waals surface area (Å²) in [7, 11) is 0. The lowest BCUT2D eigenvalue weighted by molar-refractivity contribution is -0.118. The van der Waals surface area contributed by atoms with Crippen LogP contribution in [-0.2, 0) is 4.79 Å². The zero-order chi connectivity index (χ0) is 13.5. The van der Waals surface area contributed by atoms with Crippen molar-refractivity contribution in [3.63, 3.8) is 0 Å². The van der Waals surface area contributed by atoms with Crippen molar-refractivity contribution in [1.82, 2.24) is 5.32 Å². The number of hydrogen-bond donors (Lipinski definition) is 1. The smallest absolute Gasteiger partial charge is 0.230 e. The summed E-state index contributed by atoms with van der Waals surface area (Å²) in [4.78, 5) is 13.6. The van der Waals surface area contributed by atoms with Crippen molar-refractivity contribution < 1.29 is 4.79 Å². The molecule has 2 nitrogen and oxygen atoms in total. The van der Waals surface area contributed by atoms with E-state index in [1.54, 1.807) is 11.8 Å². The largest absolute Gasteiger partial charge is 0.355 e. The molecule has 1 aliphatic rings. The highest BCUT2D eigenvalue weighted by atomic mass is 79.9. The normalized spacial score (nSPS) is 23.0. The summed E-state index contributed by atoms with van der Waals surface area (Å²) in [6.07, 6.45) is 4.98. The van der Waals surface area contributed by atoms with Gasteiger partial charge in [0, 0.05) is 16.3 Å². The highest BCUT2D eigenvalue weighted by Gasteiger charge is 2.20. The van der Waals surface area contributed by atoms with Gasteiger partial charge >= 0.3 is 0 Å². The highest BCUT2D eigenvalue weighted by molar-refractivity contribution is 9.09. The van der Waals surface area contributed by atoms with E-state index in [2.05, 4.69) is 21.2 Å². The summed E-state index contributed by atoms with van der Waals surface area (Å²) in [5, 5.41) is 3.06. The Hall–Kier alpha value is -0.480. The van der Waals surface area contributed by atoms with Gasteiger partial charge in [-0.1, -0.05) is 40.5 Å². The molecule has 1 aromatic rings. The fourth-order valence-corrected chi connectivity index (χ4v) is 3.99. The first kappa shape index (κ1) is 14.9. The van der Waals surface area contributed by atoms with Gasteiger partial charge in [-0.3, -0.25) is 4.79 Å². The fraction of sp³-hybridized carbons (Fsp3) is 0.533. The van der Waals surface area contributed by atoms with Crippen molar-refractivity contribution >= 4 is 33.6 Å². The quantitative estimate of drug-likeness (QED) is 0.651. The summed E-state index contributed by atoms with van der Waals surface area (Å²) in [5.74, 6) is 1.29. The van der Waals surface area contributed by atoms with Gasteiger partial charge in [0.05, 0.1) is 5.75 Å². The van der Waals surface area contributed by atoms with Crippen molar-refractivity contribution in [2.75, 3.05) is 12.3 Å². The molecule has 0 aliphatic heterocycles. The molecule has 2 atom stereocenters. The zero-order valence-electron chi connectivity index (χ0n) is 11.0. The van der Waals surface area contributed by atoms with Crippen molar-refractivity contribution in [2.45, 2.75) is 35.4 Å². The third-order valence-corrected chi connectivity index (χ3v) is 5.26. The van der Waals surface area contributed by atoms with Crippen LogP contribution in [0.25, 0.3) is 0 Å². The second-order valence-electron chi connectivity index (χ2n) is 5.04. The summed E-state index contributed by atoms with van der Waals surface area (Å²) in [6, 6.07) is 10.1. The van der Waals surface area contributed by atoms with Crippen LogP contribution in [-0.4, -0.2) is 23.0 Å².